The Bertz CT molecular complexity index is 360. The van der Waals surface area contributed by atoms with Crippen LogP contribution in [-0.2, 0) is 9.59 Å². The molecule has 0 amide bonds. The van der Waals surface area contributed by atoms with Gasteiger partial charge in [-0.05, 0) is 0 Å². The van der Waals surface area contributed by atoms with E-state index in [0.29, 0.717) is 0 Å². The Kier molecular flexibility index (Phi) is 7.27. The molecule has 0 aromatic rings. The summed E-state index contributed by atoms with van der Waals surface area (Å²) in [5.74, 6) is -20.4. The molecule has 0 atom stereocenters. The summed E-state index contributed by atoms with van der Waals surface area (Å²) in [5, 5.41) is 23.1. The Hall–Kier alpha value is -1.66. The van der Waals surface area contributed by atoms with E-state index >= 15 is 0 Å². The normalized spacial score (nSPS) is 13.2. The average molecular weight is 350 g/mol. The zero-order valence-corrected chi connectivity index (χ0v) is 10.6. The van der Waals surface area contributed by atoms with Gasteiger partial charge in [-0.1, -0.05) is 0 Å². The molecule has 132 valence electrons. The van der Waals surface area contributed by atoms with E-state index in [1.807, 2.05) is 0 Å². The molecular weight excluding hydrogens is 340 g/mol. The van der Waals surface area contributed by atoms with E-state index in [1.54, 1.807) is 0 Å². The number of hydrogen-bond acceptors (Lipinski definition) is 3. The highest BCUT2D eigenvalue weighted by Gasteiger charge is 2.79. The van der Waals surface area contributed by atoms with Gasteiger partial charge in [-0.3, -0.25) is 9.59 Å². The van der Waals surface area contributed by atoms with Crippen LogP contribution in [0.1, 0.15) is 19.8 Å². The van der Waals surface area contributed by atoms with E-state index in [0.717, 1.165) is 0 Å². The molecule has 0 unspecified atom stereocenters. The first kappa shape index (κ1) is 22.6. The van der Waals surface area contributed by atoms with E-state index in [-0.39, 0.29) is 12.8 Å². The van der Waals surface area contributed by atoms with Crippen LogP contribution in [0, 0.1) is 0 Å². The summed E-state index contributed by atoms with van der Waals surface area (Å²) in [6.07, 6.45) is -6.82. The monoisotopic (exact) mass is 350 g/mol. The number of aliphatic carboxylic acids is 2. The van der Waals surface area contributed by atoms with Crippen LogP contribution in [-0.4, -0.2) is 51.1 Å². The Balaban J connectivity index is 0. The molecule has 3 N–H and O–H groups in total. The van der Waals surface area contributed by atoms with Gasteiger partial charge in [0, 0.05) is 6.92 Å². The molecule has 0 heterocycles. The van der Waals surface area contributed by atoms with Crippen molar-refractivity contribution in [3.05, 3.63) is 0 Å². The van der Waals surface area contributed by atoms with Crippen molar-refractivity contribution in [1.29, 1.82) is 0 Å². The Morgan fingerprint density at radius 2 is 1.05 bits per heavy atom. The lowest BCUT2D eigenvalue weighted by Crippen LogP contribution is -2.61. The molecule has 0 bridgehead atoms. The minimum Gasteiger partial charge on any atom is -0.481 e. The van der Waals surface area contributed by atoms with Crippen molar-refractivity contribution in [3.8, 4) is 0 Å². The minimum atomic E-state index is -6.54. The van der Waals surface area contributed by atoms with Crippen LogP contribution in [0.2, 0.25) is 0 Å². The highest BCUT2D eigenvalue weighted by Crippen LogP contribution is 2.51. The molecule has 22 heavy (non-hydrogen) atoms. The molecule has 0 aliphatic rings. The van der Waals surface area contributed by atoms with Gasteiger partial charge in [0.25, 0.3) is 0 Å². The Morgan fingerprint density at radius 3 is 1.14 bits per heavy atom. The molecule has 13 heteroatoms. The number of aliphatic hydroxyl groups is 1. The maximum absolute atomic E-state index is 12.1. The molecule has 0 aromatic carbocycles. The first-order valence-electron chi connectivity index (χ1n) is 5.05. The summed E-state index contributed by atoms with van der Waals surface area (Å²) in [5.41, 5.74) is 0. The minimum absolute atomic E-state index is 0.296. The summed E-state index contributed by atoms with van der Waals surface area (Å²) in [6, 6.07) is 0. The van der Waals surface area contributed by atoms with Gasteiger partial charge in [-0.15, -0.1) is 0 Å². The third-order valence-corrected chi connectivity index (χ3v) is 1.88. The zero-order valence-electron chi connectivity index (χ0n) is 10.6. The fourth-order valence-electron chi connectivity index (χ4n) is 0.678. The number of halogens is 8. The molecule has 0 rings (SSSR count). The van der Waals surface area contributed by atoms with Crippen molar-refractivity contribution in [2.45, 2.75) is 43.6 Å². The van der Waals surface area contributed by atoms with Gasteiger partial charge in [-0.2, -0.15) is 35.1 Å². The van der Waals surface area contributed by atoms with Crippen LogP contribution < -0.4 is 0 Å². The van der Waals surface area contributed by atoms with Crippen LogP contribution in [0.25, 0.3) is 0 Å². The number of carbonyl (C=O) groups is 2. The first-order valence-corrected chi connectivity index (χ1v) is 5.05. The van der Waals surface area contributed by atoms with E-state index in [1.165, 1.54) is 0 Å². The maximum atomic E-state index is 12.1. The molecule has 0 saturated carbocycles. The second kappa shape index (κ2) is 7.07. The summed E-state index contributed by atoms with van der Waals surface area (Å²) in [6.45, 7) is -0.660. The molecule has 0 aliphatic carbocycles. The summed E-state index contributed by atoms with van der Waals surface area (Å²) < 4.78 is 94.8. The molecule has 0 radical (unpaired) electrons. The van der Waals surface area contributed by atoms with Gasteiger partial charge in [0.15, 0.2) is 0 Å². The van der Waals surface area contributed by atoms with Gasteiger partial charge in [0.05, 0.1) is 12.8 Å². The fraction of sp³-hybridized carbons (Fsp3) is 0.778. The summed E-state index contributed by atoms with van der Waals surface area (Å²) in [4.78, 5) is 19.3. The van der Waals surface area contributed by atoms with Crippen molar-refractivity contribution in [1.82, 2.24) is 0 Å². The van der Waals surface area contributed by atoms with Crippen LogP contribution in [0.3, 0.4) is 0 Å². The van der Waals surface area contributed by atoms with E-state index in [4.69, 9.17) is 15.3 Å². The molecule has 0 aromatic heterocycles. The van der Waals surface area contributed by atoms with Crippen LogP contribution in [0.5, 0.6) is 0 Å². The highest BCUT2D eigenvalue weighted by atomic mass is 19.4. The second-order valence-corrected chi connectivity index (χ2v) is 3.87. The third kappa shape index (κ3) is 5.99. The van der Waals surface area contributed by atoms with E-state index in [9.17, 15) is 44.7 Å². The maximum Gasteiger partial charge on any atom is 0.423 e. The SMILES string of the molecule is CC(F)(F)C(F)(F)C(F)(F)C(O)(F)F.O=C(O)CCC(=O)O. The Labute approximate surface area is 117 Å². The van der Waals surface area contributed by atoms with E-state index < -0.39 is 42.7 Å². The highest BCUT2D eigenvalue weighted by molar-refractivity contribution is 5.75. The van der Waals surface area contributed by atoms with Crippen molar-refractivity contribution in [3.63, 3.8) is 0 Å². The standard InChI is InChI=1S/C5H4F8O.C4H6O4/c1-2(6,7)3(8,9)4(10,11)5(12,13)14;5-3(6)1-2-4(7)8/h14H,1H3;1-2H2,(H,5,6)(H,7,8). The Morgan fingerprint density at radius 1 is 0.773 bits per heavy atom. The number of carboxylic acids is 2. The van der Waals surface area contributed by atoms with Crippen LogP contribution in [0.15, 0.2) is 0 Å². The third-order valence-electron chi connectivity index (χ3n) is 1.88. The summed E-state index contributed by atoms with van der Waals surface area (Å²) >= 11 is 0. The molecular formula is C9H10F8O5. The zero-order chi connectivity index (χ0) is 18.6. The molecule has 0 fully saturated rings. The van der Waals surface area contributed by atoms with Crippen molar-refractivity contribution in [2.24, 2.45) is 0 Å². The van der Waals surface area contributed by atoms with E-state index in [2.05, 4.69) is 0 Å². The van der Waals surface area contributed by atoms with Crippen molar-refractivity contribution >= 4 is 11.9 Å². The largest absolute Gasteiger partial charge is 0.481 e. The quantitative estimate of drug-likeness (QED) is 0.640. The average Bonchev–Trinajstić information content (AvgIpc) is 2.23. The molecule has 0 aliphatic heterocycles. The molecule has 5 nitrogen and oxygen atoms in total. The van der Waals surface area contributed by atoms with Crippen LogP contribution >= 0.6 is 0 Å². The van der Waals surface area contributed by atoms with Gasteiger partial charge in [0.2, 0.25) is 0 Å². The fourth-order valence-corrected chi connectivity index (χ4v) is 0.678. The predicted octanol–water partition coefficient (Wildman–Crippen LogP) is 2.43. The van der Waals surface area contributed by atoms with Gasteiger partial charge < -0.3 is 15.3 Å². The molecule has 0 saturated heterocycles. The number of hydrogen-bond donors (Lipinski definition) is 3. The van der Waals surface area contributed by atoms with Gasteiger partial charge in [0.1, 0.15) is 0 Å². The second-order valence-electron chi connectivity index (χ2n) is 3.87. The lowest BCUT2D eigenvalue weighted by molar-refractivity contribution is -0.414. The number of alkyl halides is 8. The number of rotatable bonds is 6. The van der Waals surface area contributed by atoms with Gasteiger partial charge in [-0.25, -0.2) is 0 Å². The van der Waals surface area contributed by atoms with Gasteiger partial charge >= 0.3 is 35.8 Å². The van der Waals surface area contributed by atoms with Crippen LogP contribution in [0.4, 0.5) is 35.1 Å². The predicted molar refractivity (Wildman–Crippen MR) is 52.2 cm³/mol. The number of carboxylic acid groups (broad SMARTS) is 2. The molecule has 0 spiro atoms. The lowest BCUT2D eigenvalue weighted by atomic mass is 10.1. The van der Waals surface area contributed by atoms with Crippen molar-refractivity contribution in [2.75, 3.05) is 0 Å². The summed E-state index contributed by atoms with van der Waals surface area (Å²) in [7, 11) is 0. The first-order chi connectivity index (χ1) is 9.38. The van der Waals surface area contributed by atoms with Crippen molar-refractivity contribution < 1.29 is 60.0 Å². The topological polar surface area (TPSA) is 94.8 Å². The smallest absolute Gasteiger partial charge is 0.423 e. The lowest BCUT2D eigenvalue weighted by Gasteiger charge is -2.32.